The highest BCUT2D eigenvalue weighted by molar-refractivity contribution is 7.85. The molecule has 0 aromatic heterocycles. The summed E-state index contributed by atoms with van der Waals surface area (Å²) in [6.45, 7) is 3.49. The van der Waals surface area contributed by atoms with Crippen molar-refractivity contribution in [2.45, 2.75) is 37.5 Å². The first kappa shape index (κ1) is 18.0. The highest BCUT2D eigenvalue weighted by Crippen LogP contribution is 2.08. The van der Waals surface area contributed by atoms with Crippen LogP contribution in [0, 0.1) is 6.92 Å². The second-order valence-electron chi connectivity index (χ2n) is 4.28. The third-order valence-electron chi connectivity index (χ3n) is 2.48. The molecule has 0 heterocycles. The fraction of sp³-hybridized carbons (Fsp3) is 0.538. The van der Waals surface area contributed by atoms with E-state index in [2.05, 4.69) is 0 Å². The van der Waals surface area contributed by atoms with Gasteiger partial charge in [0.05, 0.1) is 4.90 Å². The van der Waals surface area contributed by atoms with Crippen molar-refractivity contribution in [3.63, 3.8) is 0 Å². The first-order chi connectivity index (χ1) is 8.91. The highest BCUT2D eigenvalue weighted by Gasteiger charge is 2.06. The standard InChI is InChI=1S/C7H8O3S.C6H16N2/c1-6-2-4-7(5-3-6)11(8,9)10;7-5-3-1-2-4-6-8/h2-5H,1H3,(H,8,9,10);1-8H2. The first-order valence-electron chi connectivity index (χ1n) is 6.36. The molecule has 110 valence electrons. The van der Waals surface area contributed by atoms with E-state index in [-0.39, 0.29) is 4.90 Å². The number of rotatable bonds is 6. The third-order valence-corrected chi connectivity index (χ3v) is 3.34. The Morgan fingerprint density at radius 3 is 1.68 bits per heavy atom. The van der Waals surface area contributed by atoms with Gasteiger partial charge in [0, 0.05) is 0 Å². The summed E-state index contributed by atoms with van der Waals surface area (Å²) >= 11 is 0. The fourth-order valence-electron chi connectivity index (χ4n) is 1.35. The van der Waals surface area contributed by atoms with E-state index in [4.69, 9.17) is 16.0 Å². The predicted molar refractivity (Wildman–Crippen MR) is 77.6 cm³/mol. The molecule has 0 atom stereocenters. The van der Waals surface area contributed by atoms with E-state index in [0.717, 1.165) is 31.5 Å². The summed E-state index contributed by atoms with van der Waals surface area (Å²) in [5.41, 5.74) is 11.5. The summed E-state index contributed by atoms with van der Waals surface area (Å²) in [6, 6.07) is 5.99. The molecule has 0 amide bonds. The van der Waals surface area contributed by atoms with Gasteiger partial charge in [-0.15, -0.1) is 0 Å². The number of nitrogens with two attached hydrogens (primary N) is 2. The van der Waals surface area contributed by atoms with Crippen molar-refractivity contribution in [3.8, 4) is 0 Å². The van der Waals surface area contributed by atoms with Crippen LogP contribution in [-0.2, 0) is 10.1 Å². The Morgan fingerprint density at radius 1 is 0.947 bits per heavy atom. The quantitative estimate of drug-likeness (QED) is 0.545. The van der Waals surface area contributed by atoms with E-state index in [1.807, 2.05) is 6.92 Å². The molecule has 5 nitrogen and oxygen atoms in total. The zero-order chi connectivity index (χ0) is 14.7. The summed E-state index contributed by atoms with van der Waals surface area (Å²) in [6.07, 6.45) is 4.79. The number of hydrogen-bond donors (Lipinski definition) is 3. The SMILES string of the molecule is Cc1ccc(S(=O)(=O)O)cc1.NCCCCCCN. The van der Waals surface area contributed by atoms with E-state index < -0.39 is 10.1 Å². The Bertz CT molecular complexity index is 424. The largest absolute Gasteiger partial charge is 0.330 e. The Morgan fingerprint density at radius 2 is 1.37 bits per heavy atom. The average Bonchev–Trinajstić information content (AvgIpc) is 2.35. The van der Waals surface area contributed by atoms with Gasteiger partial charge >= 0.3 is 0 Å². The number of unbranched alkanes of at least 4 members (excludes halogenated alkanes) is 3. The van der Waals surface area contributed by atoms with Crippen LogP contribution in [0.2, 0.25) is 0 Å². The first-order valence-corrected chi connectivity index (χ1v) is 7.80. The second-order valence-corrected chi connectivity index (χ2v) is 5.70. The van der Waals surface area contributed by atoms with E-state index in [1.54, 1.807) is 12.1 Å². The molecule has 0 radical (unpaired) electrons. The van der Waals surface area contributed by atoms with Gasteiger partial charge in [0.2, 0.25) is 0 Å². The summed E-state index contributed by atoms with van der Waals surface area (Å²) in [5.74, 6) is 0. The molecule has 0 unspecified atom stereocenters. The van der Waals surface area contributed by atoms with Crippen LogP contribution in [0.4, 0.5) is 0 Å². The summed E-state index contributed by atoms with van der Waals surface area (Å²) in [5, 5.41) is 0. The Balaban J connectivity index is 0.000000362. The molecule has 1 rings (SSSR count). The average molecular weight is 288 g/mol. The summed E-state index contributed by atoms with van der Waals surface area (Å²) < 4.78 is 29.6. The van der Waals surface area contributed by atoms with Crippen molar-refractivity contribution in [2.75, 3.05) is 13.1 Å². The van der Waals surface area contributed by atoms with Gasteiger partial charge in [-0.25, -0.2) is 0 Å². The second kappa shape index (κ2) is 9.91. The normalized spacial score (nSPS) is 10.7. The van der Waals surface area contributed by atoms with Crippen LogP contribution in [0.15, 0.2) is 29.2 Å². The summed E-state index contributed by atoms with van der Waals surface area (Å²) in [7, 11) is -4.02. The molecule has 0 aliphatic carbocycles. The number of hydrogen-bond acceptors (Lipinski definition) is 4. The minimum absolute atomic E-state index is 0.0666. The maximum absolute atomic E-state index is 10.5. The lowest BCUT2D eigenvalue weighted by Gasteiger charge is -1.95. The van der Waals surface area contributed by atoms with Crippen LogP contribution in [-0.4, -0.2) is 26.1 Å². The molecular formula is C13H24N2O3S. The van der Waals surface area contributed by atoms with Gasteiger partial charge in [-0.3, -0.25) is 4.55 Å². The van der Waals surface area contributed by atoms with Crippen molar-refractivity contribution in [2.24, 2.45) is 11.5 Å². The van der Waals surface area contributed by atoms with Gasteiger partial charge in [-0.05, 0) is 45.0 Å². The molecule has 5 N–H and O–H groups in total. The molecular weight excluding hydrogens is 264 g/mol. The van der Waals surface area contributed by atoms with E-state index in [1.165, 1.54) is 25.0 Å². The Kier molecular flexibility index (Phi) is 9.42. The van der Waals surface area contributed by atoms with E-state index in [9.17, 15) is 8.42 Å². The molecule has 0 spiro atoms. The fourth-order valence-corrected chi connectivity index (χ4v) is 1.83. The topological polar surface area (TPSA) is 106 Å². The lowest BCUT2D eigenvalue weighted by atomic mass is 10.2. The highest BCUT2D eigenvalue weighted by atomic mass is 32.2. The minimum Gasteiger partial charge on any atom is -0.330 e. The van der Waals surface area contributed by atoms with E-state index >= 15 is 0 Å². The van der Waals surface area contributed by atoms with Gasteiger partial charge in [0.1, 0.15) is 0 Å². The molecule has 0 aliphatic heterocycles. The molecule has 0 saturated heterocycles. The summed E-state index contributed by atoms with van der Waals surface area (Å²) in [4.78, 5) is -0.0666. The molecule has 6 heteroatoms. The molecule has 1 aromatic carbocycles. The van der Waals surface area contributed by atoms with Gasteiger partial charge < -0.3 is 11.5 Å². The Labute approximate surface area is 115 Å². The van der Waals surface area contributed by atoms with Crippen molar-refractivity contribution in [3.05, 3.63) is 29.8 Å². The molecule has 1 aromatic rings. The van der Waals surface area contributed by atoms with Crippen molar-refractivity contribution in [1.29, 1.82) is 0 Å². The maximum atomic E-state index is 10.5. The lowest BCUT2D eigenvalue weighted by Crippen LogP contribution is -2.00. The number of benzene rings is 1. The van der Waals surface area contributed by atoms with Gasteiger partial charge in [-0.1, -0.05) is 30.5 Å². The molecule has 0 aliphatic rings. The van der Waals surface area contributed by atoms with Crippen LogP contribution in [0.5, 0.6) is 0 Å². The van der Waals surface area contributed by atoms with Crippen LogP contribution in [0.1, 0.15) is 31.2 Å². The molecule has 0 bridgehead atoms. The third kappa shape index (κ3) is 9.61. The molecule has 19 heavy (non-hydrogen) atoms. The monoisotopic (exact) mass is 288 g/mol. The van der Waals surface area contributed by atoms with Crippen molar-refractivity contribution >= 4 is 10.1 Å². The zero-order valence-corrected chi connectivity index (χ0v) is 12.2. The lowest BCUT2D eigenvalue weighted by molar-refractivity contribution is 0.483. The van der Waals surface area contributed by atoms with E-state index in [0.29, 0.717) is 0 Å². The van der Waals surface area contributed by atoms with Crippen LogP contribution in [0.3, 0.4) is 0 Å². The zero-order valence-electron chi connectivity index (χ0n) is 11.4. The van der Waals surface area contributed by atoms with Gasteiger partial charge in [-0.2, -0.15) is 8.42 Å². The van der Waals surface area contributed by atoms with Gasteiger partial charge in [0.15, 0.2) is 0 Å². The predicted octanol–water partition coefficient (Wildman–Crippen LogP) is 1.71. The van der Waals surface area contributed by atoms with Crippen LogP contribution >= 0.6 is 0 Å². The van der Waals surface area contributed by atoms with Crippen LogP contribution in [0.25, 0.3) is 0 Å². The van der Waals surface area contributed by atoms with Crippen molar-refractivity contribution < 1.29 is 13.0 Å². The smallest absolute Gasteiger partial charge is 0.294 e. The molecule has 0 saturated carbocycles. The van der Waals surface area contributed by atoms with Gasteiger partial charge in [0.25, 0.3) is 10.1 Å². The maximum Gasteiger partial charge on any atom is 0.294 e. The minimum atomic E-state index is -4.02. The Hall–Kier alpha value is -0.950. The van der Waals surface area contributed by atoms with Crippen molar-refractivity contribution in [1.82, 2.24) is 0 Å². The number of aryl methyl sites for hydroxylation is 1. The van der Waals surface area contributed by atoms with Crippen LogP contribution < -0.4 is 11.5 Å². The molecule has 0 fully saturated rings.